The summed E-state index contributed by atoms with van der Waals surface area (Å²) in [5, 5.41) is 10.6. The normalized spacial score (nSPS) is 33.6. The molecule has 0 spiro atoms. The average Bonchev–Trinajstić information content (AvgIpc) is 3.45. The van der Waals surface area contributed by atoms with E-state index in [0.717, 1.165) is 56.3 Å². The predicted octanol–water partition coefficient (Wildman–Crippen LogP) is 3.53. The average molecular weight is 448 g/mol. The maximum atomic E-state index is 13.3. The van der Waals surface area contributed by atoms with E-state index >= 15 is 0 Å². The van der Waals surface area contributed by atoms with Crippen molar-refractivity contribution in [3.8, 4) is 5.75 Å². The van der Waals surface area contributed by atoms with Gasteiger partial charge in [-0.2, -0.15) is 0 Å². The highest BCUT2D eigenvalue weighted by Crippen LogP contribution is 2.52. The van der Waals surface area contributed by atoms with Gasteiger partial charge >= 0.3 is 0 Å². The number of benzene rings is 1. The lowest BCUT2D eigenvalue weighted by atomic mass is 9.76. The van der Waals surface area contributed by atoms with Crippen molar-refractivity contribution in [3.63, 3.8) is 0 Å². The fourth-order valence-electron chi connectivity index (χ4n) is 5.99. The Kier molecular flexibility index (Phi) is 6.39. The summed E-state index contributed by atoms with van der Waals surface area (Å²) in [6.07, 6.45) is 11.3. The van der Waals surface area contributed by atoms with E-state index in [-0.39, 0.29) is 23.8 Å². The van der Waals surface area contributed by atoms with Crippen LogP contribution in [0.4, 0.5) is 8.78 Å². The lowest BCUT2D eigenvalue weighted by Gasteiger charge is -2.39. The Bertz CT molecular complexity index is 817. The summed E-state index contributed by atoms with van der Waals surface area (Å²) in [5.41, 5.74) is -0.134. The van der Waals surface area contributed by atoms with Crippen molar-refractivity contribution >= 4 is 5.91 Å². The van der Waals surface area contributed by atoms with Crippen LogP contribution in [-0.4, -0.2) is 43.2 Å². The van der Waals surface area contributed by atoms with E-state index in [1.54, 1.807) is 0 Å². The Hall–Kier alpha value is -1.73. The molecule has 32 heavy (non-hydrogen) atoms. The SMILES string of the molecule is O=C(COc1ccc(F)c(F)c1)NC12CC(C1)C(NCC1CCC(CCC3CC3)CN1)C2. The molecule has 4 aliphatic carbocycles. The van der Waals surface area contributed by atoms with Gasteiger partial charge < -0.3 is 20.7 Å². The van der Waals surface area contributed by atoms with Gasteiger partial charge in [-0.1, -0.05) is 19.3 Å². The quantitative estimate of drug-likeness (QED) is 0.514. The Morgan fingerprint density at radius 2 is 1.84 bits per heavy atom. The zero-order valence-corrected chi connectivity index (χ0v) is 18.7. The van der Waals surface area contributed by atoms with Gasteiger partial charge in [0.2, 0.25) is 0 Å². The monoisotopic (exact) mass is 447 g/mol. The summed E-state index contributed by atoms with van der Waals surface area (Å²) in [5.74, 6) is 0.560. The van der Waals surface area contributed by atoms with Crippen LogP contribution in [0.15, 0.2) is 18.2 Å². The van der Waals surface area contributed by atoms with Crippen molar-refractivity contribution < 1.29 is 18.3 Å². The molecule has 7 heteroatoms. The standard InChI is InChI=1S/C25H35F2N3O2/c26-21-8-7-20(9-22(21)27)32-15-24(31)30-25-10-18(11-25)23(12-25)29-14-19-6-5-17(13-28-19)4-3-16-1-2-16/h7-9,16-19,23,28-29H,1-6,10-15H2,(H,30,31). The summed E-state index contributed by atoms with van der Waals surface area (Å²) in [7, 11) is 0. The Balaban J connectivity index is 0.993. The molecule has 1 aromatic rings. The molecule has 1 saturated heterocycles. The predicted molar refractivity (Wildman–Crippen MR) is 118 cm³/mol. The van der Waals surface area contributed by atoms with Gasteiger partial charge in [0, 0.05) is 30.2 Å². The molecular formula is C25H35F2N3O2. The molecule has 5 fully saturated rings. The lowest BCUT2D eigenvalue weighted by Crippen LogP contribution is -2.53. The Morgan fingerprint density at radius 1 is 1.06 bits per heavy atom. The van der Waals surface area contributed by atoms with Crippen LogP contribution in [0.25, 0.3) is 0 Å². The molecule has 0 aromatic heterocycles. The second-order valence-electron chi connectivity index (χ2n) is 10.6. The number of piperidine rings is 1. The maximum Gasteiger partial charge on any atom is 0.258 e. The first-order chi connectivity index (χ1) is 15.5. The van der Waals surface area contributed by atoms with E-state index in [4.69, 9.17) is 4.74 Å². The van der Waals surface area contributed by atoms with Crippen LogP contribution in [0.3, 0.4) is 0 Å². The summed E-state index contributed by atoms with van der Waals surface area (Å²) >= 11 is 0. The van der Waals surface area contributed by atoms with Gasteiger partial charge in [-0.25, -0.2) is 8.78 Å². The third-order valence-electron chi connectivity index (χ3n) is 8.08. The second-order valence-corrected chi connectivity index (χ2v) is 10.6. The minimum Gasteiger partial charge on any atom is -0.484 e. The van der Waals surface area contributed by atoms with E-state index < -0.39 is 11.6 Å². The number of halogens is 2. The highest BCUT2D eigenvalue weighted by Gasteiger charge is 2.56. The highest BCUT2D eigenvalue weighted by atomic mass is 19.2. The summed E-state index contributed by atoms with van der Waals surface area (Å²) in [6, 6.07) is 4.30. The molecule has 1 heterocycles. The second kappa shape index (κ2) is 9.26. The molecule has 2 bridgehead atoms. The number of rotatable bonds is 10. The topological polar surface area (TPSA) is 62.4 Å². The van der Waals surface area contributed by atoms with E-state index in [1.807, 2.05) is 0 Å². The van der Waals surface area contributed by atoms with Gasteiger partial charge in [0.05, 0.1) is 0 Å². The van der Waals surface area contributed by atoms with Crippen LogP contribution in [0.2, 0.25) is 0 Å². The van der Waals surface area contributed by atoms with Gasteiger partial charge in [0.15, 0.2) is 18.2 Å². The fraction of sp³-hybridized carbons (Fsp3) is 0.720. The lowest BCUT2D eigenvalue weighted by molar-refractivity contribution is -0.125. The molecule has 6 rings (SSSR count). The first-order valence-corrected chi connectivity index (χ1v) is 12.3. The van der Waals surface area contributed by atoms with Crippen molar-refractivity contribution in [2.24, 2.45) is 17.8 Å². The van der Waals surface area contributed by atoms with Crippen LogP contribution < -0.4 is 20.7 Å². The largest absolute Gasteiger partial charge is 0.484 e. The number of fused-ring (bicyclic) bond motifs is 1. The third-order valence-corrected chi connectivity index (χ3v) is 8.08. The number of hydrogen-bond donors (Lipinski definition) is 3. The molecule has 3 atom stereocenters. The molecule has 3 unspecified atom stereocenters. The fourth-order valence-corrected chi connectivity index (χ4v) is 5.99. The molecule has 176 valence electrons. The van der Waals surface area contributed by atoms with Crippen LogP contribution in [0, 0.1) is 29.4 Å². The first kappa shape index (κ1) is 22.1. The van der Waals surface area contributed by atoms with Crippen LogP contribution >= 0.6 is 0 Å². The molecule has 0 radical (unpaired) electrons. The number of nitrogens with one attached hydrogen (secondary N) is 3. The molecule has 1 aliphatic heterocycles. The van der Waals surface area contributed by atoms with E-state index in [0.29, 0.717) is 18.0 Å². The van der Waals surface area contributed by atoms with Crippen molar-refractivity contribution in [3.05, 3.63) is 29.8 Å². The van der Waals surface area contributed by atoms with Gasteiger partial charge in [0.25, 0.3) is 5.91 Å². The van der Waals surface area contributed by atoms with Gasteiger partial charge in [-0.3, -0.25) is 4.79 Å². The van der Waals surface area contributed by atoms with Crippen LogP contribution in [0.5, 0.6) is 5.75 Å². The zero-order chi connectivity index (χ0) is 22.1. The van der Waals surface area contributed by atoms with Crippen molar-refractivity contribution in [2.45, 2.75) is 75.4 Å². The number of amides is 1. The smallest absolute Gasteiger partial charge is 0.258 e. The van der Waals surface area contributed by atoms with Gasteiger partial charge in [-0.15, -0.1) is 0 Å². The summed E-state index contributed by atoms with van der Waals surface area (Å²) < 4.78 is 31.6. The van der Waals surface area contributed by atoms with E-state index in [9.17, 15) is 13.6 Å². The number of hydrogen-bond acceptors (Lipinski definition) is 4. The number of carbonyl (C=O) groups is 1. The Labute approximate surface area is 189 Å². The van der Waals surface area contributed by atoms with Gasteiger partial charge in [0.1, 0.15) is 5.75 Å². The first-order valence-electron chi connectivity index (χ1n) is 12.3. The van der Waals surface area contributed by atoms with Gasteiger partial charge in [-0.05, 0) is 75.0 Å². The molecule has 3 N–H and O–H groups in total. The highest BCUT2D eigenvalue weighted by molar-refractivity contribution is 5.78. The van der Waals surface area contributed by atoms with Crippen molar-refractivity contribution in [2.75, 3.05) is 19.7 Å². The van der Waals surface area contributed by atoms with E-state index in [2.05, 4.69) is 16.0 Å². The van der Waals surface area contributed by atoms with Crippen molar-refractivity contribution in [1.82, 2.24) is 16.0 Å². The molecule has 1 aromatic carbocycles. The summed E-state index contributed by atoms with van der Waals surface area (Å²) in [6.45, 7) is 1.97. The van der Waals surface area contributed by atoms with Crippen LogP contribution in [0.1, 0.15) is 57.8 Å². The Morgan fingerprint density at radius 3 is 2.56 bits per heavy atom. The molecule has 5 aliphatic rings. The zero-order valence-electron chi connectivity index (χ0n) is 18.7. The molecule has 4 saturated carbocycles. The third kappa shape index (κ3) is 5.25. The number of carbonyl (C=O) groups excluding carboxylic acids is 1. The minimum atomic E-state index is -0.978. The minimum absolute atomic E-state index is 0.134. The van der Waals surface area contributed by atoms with E-state index in [1.165, 1.54) is 44.6 Å². The maximum absolute atomic E-state index is 13.3. The molecular weight excluding hydrogens is 412 g/mol. The van der Waals surface area contributed by atoms with Crippen molar-refractivity contribution in [1.29, 1.82) is 0 Å². The summed E-state index contributed by atoms with van der Waals surface area (Å²) in [4.78, 5) is 12.4. The van der Waals surface area contributed by atoms with Crippen LogP contribution in [-0.2, 0) is 4.79 Å². The number of ether oxygens (including phenoxy) is 1. The molecule has 1 amide bonds. The molecule has 5 nitrogen and oxygen atoms in total.